The highest BCUT2D eigenvalue weighted by Gasteiger charge is 2.16. The second-order valence-electron chi connectivity index (χ2n) is 5.84. The van der Waals surface area contributed by atoms with Crippen molar-refractivity contribution in [3.05, 3.63) is 71.2 Å². The third-order valence-electron chi connectivity index (χ3n) is 3.96. The van der Waals surface area contributed by atoms with Crippen LogP contribution >= 0.6 is 0 Å². The number of nitrogens with zero attached hydrogens (tertiary/aromatic N) is 3. The monoisotopic (exact) mass is 320 g/mol. The van der Waals surface area contributed by atoms with Crippen molar-refractivity contribution in [1.82, 2.24) is 14.8 Å². The molecule has 0 aliphatic rings. The summed E-state index contributed by atoms with van der Waals surface area (Å²) >= 11 is 0. The topological polar surface area (TPSA) is 59.8 Å². The Kier molecular flexibility index (Phi) is 4.42. The van der Waals surface area contributed by atoms with Gasteiger partial charge in [-0.2, -0.15) is 5.10 Å². The lowest BCUT2D eigenvalue weighted by molar-refractivity contribution is -0.115. The van der Waals surface area contributed by atoms with E-state index in [0.717, 1.165) is 28.2 Å². The van der Waals surface area contributed by atoms with Crippen molar-refractivity contribution in [3.8, 4) is 5.69 Å². The molecule has 0 unspecified atom stereocenters. The van der Waals surface area contributed by atoms with Gasteiger partial charge in [-0.25, -0.2) is 9.67 Å². The molecule has 1 N–H and O–H groups in total. The Morgan fingerprint density at radius 3 is 2.50 bits per heavy atom. The first-order valence-corrected chi connectivity index (χ1v) is 7.87. The standard InChI is InChI=1S/C19H20N4O/c1-13-9-10-18(20-12-13)21-19(24)11-17-14(2)22-23(15(17)3)16-7-5-4-6-8-16/h4-10,12H,11H2,1-3H3,(H,20,21,24). The van der Waals surface area contributed by atoms with Gasteiger partial charge in [-0.15, -0.1) is 0 Å². The van der Waals surface area contributed by atoms with Gasteiger partial charge in [-0.05, 0) is 44.5 Å². The van der Waals surface area contributed by atoms with Crippen LogP contribution in [0.15, 0.2) is 48.7 Å². The highest BCUT2D eigenvalue weighted by Crippen LogP contribution is 2.18. The minimum Gasteiger partial charge on any atom is -0.310 e. The SMILES string of the molecule is Cc1ccc(NC(=O)Cc2c(C)nn(-c3ccccc3)c2C)nc1. The van der Waals surface area contributed by atoms with E-state index in [0.29, 0.717) is 5.82 Å². The van der Waals surface area contributed by atoms with Crippen molar-refractivity contribution in [2.75, 3.05) is 5.32 Å². The Morgan fingerprint density at radius 1 is 1.08 bits per heavy atom. The molecule has 0 spiro atoms. The van der Waals surface area contributed by atoms with E-state index < -0.39 is 0 Å². The fourth-order valence-electron chi connectivity index (χ4n) is 2.64. The van der Waals surface area contributed by atoms with Gasteiger partial charge >= 0.3 is 0 Å². The zero-order valence-electron chi connectivity index (χ0n) is 14.1. The number of nitrogens with one attached hydrogen (secondary N) is 1. The number of aryl methyl sites for hydroxylation is 2. The molecular formula is C19H20N4O. The predicted octanol–water partition coefficient (Wildman–Crippen LogP) is 3.37. The zero-order chi connectivity index (χ0) is 17.1. The van der Waals surface area contributed by atoms with Crippen LogP contribution in [0.5, 0.6) is 0 Å². The lowest BCUT2D eigenvalue weighted by Gasteiger charge is -2.06. The number of hydrogen-bond acceptors (Lipinski definition) is 3. The molecule has 0 aliphatic heterocycles. The molecule has 0 radical (unpaired) electrons. The Morgan fingerprint density at radius 2 is 1.83 bits per heavy atom. The van der Waals surface area contributed by atoms with Crippen molar-refractivity contribution < 1.29 is 4.79 Å². The lowest BCUT2D eigenvalue weighted by Crippen LogP contribution is -2.16. The summed E-state index contributed by atoms with van der Waals surface area (Å²) in [4.78, 5) is 16.5. The number of hydrogen-bond donors (Lipinski definition) is 1. The molecule has 0 saturated heterocycles. The van der Waals surface area contributed by atoms with Crippen LogP contribution in [0.1, 0.15) is 22.5 Å². The van der Waals surface area contributed by atoms with Crippen LogP contribution in [0.25, 0.3) is 5.69 Å². The van der Waals surface area contributed by atoms with Crippen LogP contribution < -0.4 is 5.32 Å². The van der Waals surface area contributed by atoms with Crippen molar-refractivity contribution in [2.45, 2.75) is 27.2 Å². The van der Waals surface area contributed by atoms with E-state index in [2.05, 4.69) is 15.4 Å². The van der Waals surface area contributed by atoms with E-state index in [1.165, 1.54) is 0 Å². The van der Waals surface area contributed by atoms with Crippen LogP contribution in [0.3, 0.4) is 0 Å². The van der Waals surface area contributed by atoms with Crippen molar-refractivity contribution in [2.24, 2.45) is 0 Å². The fourth-order valence-corrected chi connectivity index (χ4v) is 2.64. The summed E-state index contributed by atoms with van der Waals surface area (Å²) in [6, 6.07) is 13.6. The third-order valence-corrected chi connectivity index (χ3v) is 3.96. The summed E-state index contributed by atoms with van der Waals surface area (Å²) in [5.74, 6) is 0.474. The summed E-state index contributed by atoms with van der Waals surface area (Å²) < 4.78 is 1.88. The average molecular weight is 320 g/mol. The first-order valence-electron chi connectivity index (χ1n) is 7.87. The summed E-state index contributed by atoms with van der Waals surface area (Å²) in [5.41, 5.74) is 4.84. The Labute approximate surface area is 141 Å². The predicted molar refractivity (Wildman–Crippen MR) is 94.3 cm³/mol. The third kappa shape index (κ3) is 3.35. The highest BCUT2D eigenvalue weighted by molar-refractivity contribution is 5.91. The number of carbonyl (C=O) groups is 1. The minimum absolute atomic E-state index is 0.0924. The first kappa shape index (κ1) is 15.9. The molecule has 3 rings (SSSR count). The van der Waals surface area contributed by atoms with Gasteiger partial charge in [0, 0.05) is 17.5 Å². The number of aromatic nitrogens is 3. The van der Waals surface area contributed by atoms with Crippen LogP contribution in [0, 0.1) is 20.8 Å². The average Bonchev–Trinajstić information content (AvgIpc) is 2.86. The number of rotatable bonds is 4. The number of pyridine rings is 1. The van der Waals surface area contributed by atoms with Crippen molar-refractivity contribution in [1.29, 1.82) is 0 Å². The van der Waals surface area contributed by atoms with Crippen molar-refractivity contribution >= 4 is 11.7 Å². The molecule has 0 atom stereocenters. The number of amides is 1. The number of benzene rings is 1. The van der Waals surface area contributed by atoms with Gasteiger partial charge in [-0.3, -0.25) is 4.79 Å². The van der Waals surface area contributed by atoms with Crippen LogP contribution in [-0.2, 0) is 11.2 Å². The van der Waals surface area contributed by atoms with E-state index in [1.54, 1.807) is 12.3 Å². The largest absolute Gasteiger partial charge is 0.310 e. The van der Waals surface area contributed by atoms with E-state index >= 15 is 0 Å². The molecule has 2 aromatic heterocycles. The van der Waals surface area contributed by atoms with E-state index in [4.69, 9.17) is 0 Å². The number of para-hydroxylation sites is 1. The van der Waals surface area contributed by atoms with Crippen LogP contribution in [0.4, 0.5) is 5.82 Å². The van der Waals surface area contributed by atoms with Crippen LogP contribution in [0.2, 0.25) is 0 Å². The second-order valence-corrected chi connectivity index (χ2v) is 5.84. The molecule has 1 aromatic carbocycles. The molecule has 0 fully saturated rings. The van der Waals surface area contributed by atoms with Gasteiger partial charge in [0.1, 0.15) is 5.82 Å². The molecule has 1 amide bonds. The Hall–Kier alpha value is -2.95. The normalized spacial score (nSPS) is 10.6. The molecule has 5 nitrogen and oxygen atoms in total. The maximum absolute atomic E-state index is 12.3. The molecular weight excluding hydrogens is 300 g/mol. The van der Waals surface area contributed by atoms with Gasteiger partial charge in [-0.1, -0.05) is 24.3 Å². The first-order chi connectivity index (χ1) is 11.5. The summed E-state index contributed by atoms with van der Waals surface area (Å²) in [6.45, 7) is 5.88. The zero-order valence-corrected chi connectivity index (χ0v) is 14.1. The Bertz CT molecular complexity index is 851. The molecule has 122 valence electrons. The summed E-state index contributed by atoms with van der Waals surface area (Å²) in [7, 11) is 0. The molecule has 3 aromatic rings. The van der Waals surface area contributed by atoms with E-state index in [-0.39, 0.29) is 12.3 Å². The van der Waals surface area contributed by atoms with Gasteiger partial charge < -0.3 is 5.32 Å². The van der Waals surface area contributed by atoms with E-state index in [1.807, 2.05) is 61.9 Å². The lowest BCUT2D eigenvalue weighted by atomic mass is 10.1. The maximum Gasteiger partial charge on any atom is 0.230 e. The molecule has 24 heavy (non-hydrogen) atoms. The summed E-state index contributed by atoms with van der Waals surface area (Å²) in [5, 5.41) is 7.41. The quantitative estimate of drug-likeness (QED) is 0.802. The van der Waals surface area contributed by atoms with Gasteiger partial charge in [0.2, 0.25) is 5.91 Å². The summed E-state index contributed by atoms with van der Waals surface area (Å²) in [6.07, 6.45) is 2.01. The smallest absolute Gasteiger partial charge is 0.230 e. The van der Waals surface area contributed by atoms with Crippen LogP contribution in [-0.4, -0.2) is 20.7 Å². The Balaban J connectivity index is 1.79. The molecule has 0 bridgehead atoms. The molecule has 0 aliphatic carbocycles. The second kappa shape index (κ2) is 6.66. The fraction of sp³-hybridized carbons (Fsp3) is 0.211. The van der Waals surface area contributed by atoms with Crippen molar-refractivity contribution in [3.63, 3.8) is 0 Å². The number of carbonyl (C=O) groups excluding carboxylic acids is 1. The molecule has 2 heterocycles. The number of anilines is 1. The molecule has 0 saturated carbocycles. The van der Waals surface area contributed by atoms with Gasteiger partial charge in [0.15, 0.2) is 0 Å². The maximum atomic E-state index is 12.3. The minimum atomic E-state index is -0.0924. The molecule has 5 heteroatoms. The van der Waals surface area contributed by atoms with E-state index in [9.17, 15) is 4.79 Å². The van der Waals surface area contributed by atoms with Gasteiger partial charge in [0.25, 0.3) is 0 Å². The van der Waals surface area contributed by atoms with Gasteiger partial charge in [0.05, 0.1) is 17.8 Å². The highest BCUT2D eigenvalue weighted by atomic mass is 16.1.